The van der Waals surface area contributed by atoms with Crippen LogP contribution >= 0.6 is 11.6 Å². The molecular formula is C25H30ClN7O2. The molecule has 35 heavy (non-hydrogen) atoms. The molecule has 1 amide bonds. The highest BCUT2D eigenvalue weighted by Crippen LogP contribution is 2.48. The molecule has 2 unspecified atom stereocenters. The number of benzene rings is 1. The third-order valence-corrected chi connectivity index (χ3v) is 6.75. The molecule has 1 aliphatic heterocycles. The Kier molecular flexibility index (Phi) is 6.80. The summed E-state index contributed by atoms with van der Waals surface area (Å²) < 4.78 is 7.85. The van der Waals surface area contributed by atoms with Crippen molar-refractivity contribution in [1.82, 2.24) is 24.6 Å². The van der Waals surface area contributed by atoms with Crippen LogP contribution in [0, 0.1) is 6.92 Å². The minimum Gasteiger partial charge on any atom is -0.493 e. The van der Waals surface area contributed by atoms with Crippen LogP contribution in [0.5, 0.6) is 5.75 Å². The first-order valence-corrected chi connectivity index (χ1v) is 11.9. The van der Waals surface area contributed by atoms with Crippen molar-refractivity contribution in [3.63, 3.8) is 0 Å². The first kappa shape index (κ1) is 24.7. The molecule has 3 heterocycles. The van der Waals surface area contributed by atoms with Gasteiger partial charge in [-0.2, -0.15) is 5.10 Å². The van der Waals surface area contributed by atoms with E-state index in [0.29, 0.717) is 17.4 Å². The van der Waals surface area contributed by atoms with E-state index in [0.717, 1.165) is 45.0 Å². The zero-order valence-electron chi connectivity index (χ0n) is 20.8. The highest BCUT2D eigenvalue weighted by Gasteiger charge is 2.34. The molecule has 1 aliphatic rings. The molecule has 0 spiro atoms. The van der Waals surface area contributed by atoms with E-state index in [1.165, 1.54) is 11.2 Å². The number of likely N-dealkylation sites (N-methyl/N-ethyl adjacent to an activating group) is 1. The Balaban J connectivity index is 1.82. The molecule has 3 aromatic rings. The van der Waals surface area contributed by atoms with Gasteiger partial charge in [-0.3, -0.25) is 14.5 Å². The van der Waals surface area contributed by atoms with Gasteiger partial charge in [-0.25, -0.2) is 9.97 Å². The van der Waals surface area contributed by atoms with Gasteiger partial charge in [0, 0.05) is 53.6 Å². The maximum Gasteiger partial charge on any atom is 0.243 e. The second-order valence-electron chi connectivity index (χ2n) is 8.89. The third kappa shape index (κ3) is 4.48. The molecule has 0 bridgehead atoms. The van der Waals surface area contributed by atoms with Gasteiger partial charge in [0.1, 0.15) is 24.4 Å². The summed E-state index contributed by atoms with van der Waals surface area (Å²) in [6, 6.07) is 1.70. The Morgan fingerprint density at radius 1 is 1.29 bits per heavy atom. The molecule has 2 aromatic heterocycles. The van der Waals surface area contributed by atoms with E-state index in [9.17, 15) is 4.79 Å². The zero-order chi connectivity index (χ0) is 25.4. The molecule has 0 saturated heterocycles. The molecule has 10 heteroatoms. The summed E-state index contributed by atoms with van der Waals surface area (Å²) in [5.74, 6) is 1.00. The topological polar surface area (TPSA) is 112 Å². The summed E-state index contributed by atoms with van der Waals surface area (Å²) in [5.41, 5.74) is 12.0. The number of nitrogens with zero attached hydrogens (tertiary/aromatic N) is 6. The number of rotatable bonds is 7. The lowest BCUT2D eigenvalue weighted by molar-refractivity contribution is -0.129. The molecule has 0 saturated carbocycles. The molecule has 0 fully saturated rings. The molecule has 184 valence electrons. The zero-order valence-corrected chi connectivity index (χ0v) is 21.6. The summed E-state index contributed by atoms with van der Waals surface area (Å²) in [4.78, 5) is 27.2. The second-order valence-corrected chi connectivity index (χ2v) is 9.30. The van der Waals surface area contributed by atoms with Gasteiger partial charge in [-0.15, -0.1) is 0 Å². The Morgan fingerprint density at radius 3 is 2.71 bits per heavy atom. The predicted molar refractivity (Wildman–Crippen MR) is 137 cm³/mol. The predicted octanol–water partition coefficient (Wildman–Crippen LogP) is 4.04. The first-order valence-electron chi connectivity index (χ1n) is 11.5. The van der Waals surface area contributed by atoms with Crippen molar-refractivity contribution in [1.29, 1.82) is 0 Å². The number of amides is 1. The number of anilines is 1. The Bertz CT molecular complexity index is 1320. The van der Waals surface area contributed by atoms with Crippen molar-refractivity contribution in [3.8, 4) is 16.9 Å². The molecule has 2 N–H and O–H groups in total. The van der Waals surface area contributed by atoms with Crippen LogP contribution in [0.25, 0.3) is 11.1 Å². The quantitative estimate of drug-likeness (QED) is 0.529. The summed E-state index contributed by atoms with van der Waals surface area (Å²) >= 11 is 6.75. The number of carbonyl (C=O) groups excluding carboxylic acids is 1. The highest BCUT2D eigenvalue weighted by molar-refractivity contribution is 6.32. The summed E-state index contributed by atoms with van der Waals surface area (Å²) in [6.07, 6.45) is 5.06. The number of nitrogens with two attached hydrogens (primary N) is 1. The number of aromatic nitrogens is 4. The van der Waals surface area contributed by atoms with Crippen LogP contribution in [0.15, 0.2) is 29.8 Å². The van der Waals surface area contributed by atoms with E-state index >= 15 is 0 Å². The minimum absolute atomic E-state index is 0.0452. The lowest BCUT2D eigenvalue weighted by Gasteiger charge is -2.24. The number of hydrogen-bond acceptors (Lipinski definition) is 7. The molecule has 4 rings (SSSR count). The van der Waals surface area contributed by atoms with Crippen molar-refractivity contribution in [2.75, 3.05) is 26.4 Å². The SMILES string of the molecule is CCOc1c(C(C)C2N=C(C)c3c(N)ncnc32)cc(Cl)c(C)c1-c1cnn(CC(=O)N(C)C)c1. The van der Waals surface area contributed by atoms with Crippen molar-refractivity contribution >= 4 is 29.0 Å². The van der Waals surface area contributed by atoms with E-state index in [1.807, 2.05) is 33.0 Å². The Labute approximate surface area is 210 Å². The number of ether oxygens (including phenoxy) is 1. The number of nitrogen functional groups attached to an aromatic ring is 1. The van der Waals surface area contributed by atoms with Gasteiger partial charge in [-0.05, 0) is 32.4 Å². The fraction of sp³-hybridized carbons (Fsp3) is 0.400. The largest absolute Gasteiger partial charge is 0.493 e. The van der Waals surface area contributed by atoms with Crippen molar-refractivity contribution in [2.24, 2.45) is 4.99 Å². The van der Waals surface area contributed by atoms with E-state index in [-0.39, 0.29) is 24.4 Å². The maximum absolute atomic E-state index is 12.2. The standard InChI is InChI=1S/C25H30ClN7O2/c1-7-35-24-17(13(2)22-23-21(15(4)31-22)25(27)29-12-28-23)8-18(26)14(3)20(24)16-9-30-33(10-16)11-19(34)32(5)6/h8-10,12-13,22H,7,11H2,1-6H3,(H2,27,28,29). The number of hydrogen-bond donors (Lipinski definition) is 1. The summed E-state index contributed by atoms with van der Waals surface area (Å²) in [6.45, 7) is 8.53. The number of carbonyl (C=O) groups is 1. The molecule has 2 atom stereocenters. The smallest absolute Gasteiger partial charge is 0.243 e. The number of fused-ring (bicyclic) bond motifs is 1. The van der Waals surface area contributed by atoms with Crippen LogP contribution in [-0.4, -0.2) is 57.0 Å². The average molecular weight is 496 g/mol. The first-order chi connectivity index (χ1) is 16.6. The second kappa shape index (κ2) is 9.65. The monoisotopic (exact) mass is 495 g/mol. The number of halogens is 1. The van der Waals surface area contributed by atoms with Gasteiger partial charge in [0.05, 0.1) is 30.1 Å². The fourth-order valence-corrected chi connectivity index (χ4v) is 4.66. The Hall–Kier alpha value is -3.46. The summed E-state index contributed by atoms with van der Waals surface area (Å²) in [5, 5.41) is 5.02. The lowest BCUT2D eigenvalue weighted by atomic mass is 9.87. The lowest BCUT2D eigenvalue weighted by Crippen LogP contribution is -2.26. The normalized spacial score (nSPS) is 15.5. The van der Waals surface area contributed by atoms with E-state index in [1.54, 1.807) is 25.0 Å². The maximum atomic E-state index is 12.2. The van der Waals surface area contributed by atoms with Crippen LogP contribution in [-0.2, 0) is 11.3 Å². The van der Waals surface area contributed by atoms with Gasteiger partial charge in [0.2, 0.25) is 5.91 Å². The van der Waals surface area contributed by atoms with Crippen LogP contribution in [0.1, 0.15) is 55.1 Å². The van der Waals surface area contributed by atoms with E-state index in [2.05, 4.69) is 22.0 Å². The van der Waals surface area contributed by atoms with Crippen LogP contribution in [0.3, 0.4) is 0 Å². The number of aliphatic imine (C=N–C) groups is 1. The van der Waals surface area contributed by atoms with Crippen LogP contribution < -0.4 is 10.5 Å². The van der Waals surface area contributed by atoms with Gasteiger partial charge < -0.3 is 15.4 Å². The summed E-state index contributed by atoms with van der Waals surface area (Å²) in [7, 11) is 3.44. The van der Waals surface area contributed by atoms with Crippen molar-refractivity contribution < 1.29 is 9.53 Å². The van der Waals surface area contributed by atoms with Gasteiger partial charge >= 0.3 is 0 Å². The molecule has 9 nitrogen and oxygen atoms in total. The van der Waals surface area contributed by atoms with Crippen LogP contribution in [0.4, 0.5) is 5.82 Å². The van der Waals surface area contributed by atoms with E-state index < -0.39 is 0 Å². The molecule has 1 aromatic carbocycles. The molecule has 0 aliphatic carbocycles. The molecule has 0 radical (unpaired) electrons. The van der Waals surface area contributed by atoms with Gasteiger partial charge in [0.25, 0.3) is 0 Å². The molecular weight excluding hydrogens is 466 g/mol. The third-order valence-electron chi connectivity index (χ3n) is 6.36. The van der Waals surface area contributed by atoms with Gasteiger partial charge in [-0.1, -0.05) is 18.5 Å². The average Bonchev–Trinajstić information content (AvgIpc) is 3.40. The van der Waals surface area contributed by atoms with Crippen molar-refractivity contribution in [3.05, 3.63) is 52.2 Å². The van der Waals surface area contributed by atoms with Crippen LogP contribution in [0.2, 0.25) is 5.02 Å². The van der Waals surface area contributed by atoms with Gasteiger partial charge in [0.15, 0.2) is 0 Å². The highest BCUT2D eigenvalue weighted by atomic mass is 35.5. The van der Waals surface area contributed by atoms with E-state index in [4.69, 9.17) is 27.1 Å². The Morgan fingerprint density at radius 2 is 2.03 bits per heavy atom. The fourth-order valence-electron chi connectivity index (χ4n) is 4.45. The van der Waals surface area contributed by atoms with Crippen molar-refractivity contribution in [2.45, 2.75) is 46.2 Å². The minimum atomic E-state index is -0.249.